The van der Waals surface area contributed by atoms with Crippen LogP contribution in [0.5, 0.6) is 0 Å². The summed E-state index contributed by atoms with van der Waals surface area (Å²) in [5.74, 6) is 3.62. The largest absolute Gasteiger partial charge is 0.388 e. The second-order valence-corrected chi connectivity index (χ2v) is 7.86. The second kappa shape index (κ2) is 4.02. The number of H-pyrrole nitrogens is 2. The van der Waals surface area contributed by atoms with Gasteiger partial charge in [0, 0.05) is 4.47 Å². The van der Waals surface area contributed by atoms with Crippen molar-refractivity contribution in [3.05, 3.63) is 32.7 Å². The van der Waals surface area contributed by atoms with E-state index in [9.17, 15) is 9.90 Å². The Morgan fingerprint density at radius 1 is 1.14 bits per heavy atom. The zero-order chi connectivity index (χ0) is 14.3. The van der Waals surface area contributed by atoms with Gasteiger partial charge >= 0.3 is 5.69 Å². The summed E-state index contributed by atoms with van der Waals surface area (Å²) in [5.41, 5.74) is 2.26. The van der Waals surface area contributed by atoms with Crippen LogP contribution >= 0.6 is 15.9 Å². The van der Waals surface area contributed by atoms with Crippen LogP contribution in [0.4, 0.5) is 0 Å². The van der Waals surface area contributed by atoms with E-state index in [1.165, 1.54) is 19.3 Å². The van der Waals surface area contributed by atoms with Gasteiger partial charge in [-0.25, -0.2) is 4.79 Å². The van der Waals surface area contributed by atoms with E-state index in [0.717, 1.165) is 44.7 Å². The summed E-state index contributed by atoms with van der Waals surface area (Å²) in [5, 5.41) is 10.8. The number of nitrogens with one attached hydrogen (secondary N) is 2. The van der Waals surface area contributed by atoms with E-state index in [4.69, 9.17) is 0 Å². The molecule has 3 aliphatic carbocycles. The molecule has 110 valence electrons. The summed E-state index contributed by atoms with van der Waals surface area (Å²) in [4.78, 5) is 16.9. The summed E-state index contributed by atoms with van der Waals surface area (Å²) in [7, 11) is 0. The molecule has 2 aromatic rings. The summed E-state index contributed by atoms with van der Waals surface area (Å²) in [6, 6.07) is 3.80. The number of hydrogen-bond acceptors (Lipinski definition) is 2. The number of hydrogen-bond donors (Lipinski definition) is 3. The number of aliphatic hydroxyl groups excluding tert-OH is 1. The number of benzene rings is 1. The molecule has 0 saturated heterocycles. The normalized spacial score (nSPS) is 37.9. The first-order valence-electron chi connectivity index (χ1n) is 7.73. The van der Waals surface area contributed by atoms with Crippen molar-refractivity contribution in [3.63, 3.8) is 0 Å². The van der Waals surface area contributed by atoms with E-state index in [-0.39, 0.29) is 5.69 Å². The third-order valence-corrected chi connectivity index (χ3v) is 6.80. The van der Waals surface area contributed by atoms with Crippen molar-refractivity contribution in [2.75, 3.05) is 0 Å². The van der Waals surface area contributed by atoms with Crippen LogP contribution in [0.2, 0.25) is 0 Å². The molecule has 0 aliphatic heterocycles. The summed E-state index contributed by atoms with van der Waals surface area (Å²) in [6.45, 7) is 0. The Morgan fingerprint density at radius 3 is 2.43 bits per heavy atom. The van der Waals surface area contributed by atoms with Crippen molar-refractivity contribution in [2.45, 2.75) is 25.4 Å². The summed E-state index contributed by atoms with van der Waals surface area (Å²) >= 11 is 3.55. The third-order valence-electron chi connectivity index (χ3n) is 6.11. The molecule has 4 nitrogen and oxygen atoms in total. The highest BCUT2D eigenvalue weighted by Gasteiger charge is 2.66. The maximum atomic E-state index is 11.4. The highest BCUT2D eigenvalue weighted by molar-refractivity contribution is 9.10. The van der Waals surface area contributed by atoms with Crippen LogP contribution in [0, 0.1) is 29.6 Å². The molecule has 1 aromatic carbocycles. The number of aromatic amines is 2. The van der Waals surface area contributed by atoms with Gasteiger partial charge in [0.1, 0.15) is 0 Å². The Morgan fingerprint density at radius 2 is 1.76 bits per heavy atom. The fourth-order valence-corrected chi connectivity index (χ4v) is 5.90. The lowest BCUT2D eigenvalue weighted by molar-refractivity contribution is 0.129. The van der Waals surface area contributed by atoms with Gasteiger partial charge in [-0.15, -0.1) is 0 Å². The maximum absolute atomic E-state index is 11.4. The predicted octanol–water partition coefficient (Wildman–Crippen LogP) is 2.94. The number of aromatic nitrogens is 2. The highest BCUT2D eigenvalue weighted by atomic mass is 79.9. The minimum Gasteiger partial charge on any atom is -0.388 e. The summed E-state index contributed by atoms with van der Waals surface area (Å²) < 4.78 is 0.884. The topological polar surface area (TPSA) is 68.9 Å². The van der Waals surface area contributed by atoms with Crippen molar-refractivity contribution in [2.24, 2.45) is 29.6 Å². The number of imidazole rings is 1. The van der Waals surface area contributed by atoms with Crippen LogP contribution in [0.3, 0.4) is 0 Å². The van der Waals surface area contributed by atoms with Gasteiger partial charge in [-0.3, -0.25) is 0 Å². The van der Waals surface area contributed by atoms with Crippen molar-refractivity contribution < 1.29 is 5.11 Å². The standard InChI is InChI=1S/C16H17BrN2O2/c17-9-5-11-10(18-16(21)19-11)4-8(9)15(20)14-12-6-1-2-7(3-6)13(12)14/h4-7,12-15,20H,1-3H2,(H2,18,19,21). The molecule has 3 saturated carbocycles. The first-order valence-corrected chi connectivity index (χ1v) is 8.52. The van der Waals surface area contributed by atoms with Crippen molar-refractivity contribution >= 4 is 27.0 Å². The fourth-order valence-electron chi connectivity index (χ4n) is 5.32. The predicted molar refractivity (Wildman–Crippen MR) is 82.9 cm³/mol. The first-order chi connectivity index (χ1) is 10.1. The lowest BCUT2D eigenvalue weighted by Crippen LogP contribution is -2.09. The van der Waals surface area contributed by atoms with Crippen LogP contribution in [0.25, 0.3) is 11.0 Å². The van der Waals surface area contributed by atoms with E-state index in [0.29, 0.717) is 5.92 Å². The van der Waals surface area contributed by atoms with Gasteiger partial charge < -0.3 is 15.1 Å². The number of fused-ring (bicyclic) bond motifs is 6. The molecular formula is C16H17BrN2O2. The maximum Gasteiger partial charge on any atom is 0.323 e. The first kappa shape index (κ1) is 12.5. The van der Waals surface area contributed by atoms with Gasteiger partial charge in [0.25, 0.3) is 0 Å². The molecule has 3 fully saturated rings. The van der Waals surface area contributed by atoms with Crippen molar-refractivity contribution in [3.8, 4) is 0 Å². The van der Waals surface area contributed by atoms with Crippen LogP contribution in [-0.4, -0.2) is 15.1 Å². The van der Waals surface area contributed by atoms with E-state index in [1.54, 1.807) is 0 Å². The van der Waals surface area contributed by atoms with Gasteiger partial charge in [0.05, 0.1) is 17.1 Å². The lowest BCUT2D eigenvalue weighted by atomic mass is 9.95. The van der Waals surface area contributed by atoms with Crippen molar-refractivity contribution in [1.82, 2.24) is 9.97 Å². The molecule has 5 unspecified atom stereocenters. The third kappa shape index (κ3) is 1.62. The highest BCUT2D eigenvalue weighted by Crippen LogP contribution is 2.72. The zero-order valence-corrected chi connectivity index (χ0v) is 13.1. The van der Waals surface area contributed by atoms with Gasteiger partial charge in [-0.2, -0.15) is 0 Å². The molecule has 2 bridgehead atoms. The summed E-state index contributed by atoms with van der Waals surface area (Å²) in [6.07, 6.45) is 3.70. The average molecular weight is 349 g/mol. The van der Waals surface area contributed by atoms with E-state index >= 15 is 0 Å². The Bertz CT molecular complexity index is 779. The molecule has 5 heteroatoms. The smallest absolute Gasteiger partial charge is 0.323 e. The van der Waals surface area contributed by atoms with Gasteiger partial charge in [0.15, 0.2) is 0 Å². The minimum atomic E-state index is -0.416. The molecule has 1 aromatic heterocycles. The molecule has 3 N–H and O–H groups in total. The number of aliphatic hydroxyl groups is 1. The van der Waals surface area contributed by atoms with Crippen molar-refractivity contribution in [1.29, 1.82) is 0 Å². The molecule has 0 radical (unpaired) electrons. The fraction of sp³-hybridized carbons (Fsp3) is 0.562. The monoisotopic (exact) mass is 348 g/mol. The molecule has 3 aliphatic rings. The Balaban J connectivity index is 1.52. The van der Waals surface area contributed by atoms with Gasteiger partial charge in [0.2, 0.25) is 0 Å². The van der Waals surface area contributed by atoms with Crippen LogP contribution in [-0.2, 0) is 0 Å². The van der Waals surface area contributed by atoms with Crippen LogP contribution < -0.4 is 5.69 Å². The van der Waals surface area contributed by atoms with E-state index in [2.05, 4.69) is 25.9 Å². The molecule has 0 spiro atoms. The molecule has 0 amide bonds. The Labute approximate surface area is 130 Å². The van der Waals surface area contributed by atoms with E-state index in [1.807, 2.05) is 12.1 Å². The minimum absolute atomic E-state index is 0.204. The SMILES string of the molecule is O=c1[nH]c2cc(Br)c(C(O)C3C4C5CCC(C5)C43)cc2[nH]1. The van der Waals surface area contributed by atoms with Crippen LogP contribution in [0.15, 0.2) is 21.4 Å². The molecular weight excluding hydrogens is 332 g/mol. The van der Waals surface area contributed by atoms with Gasteiger partial charge in [-0.05, 0) is 66.5 Å². The second-order valence-electron chi connectivity index (χ2n) is 7.01. The van der Waals surface area contributed by atoms with E-state index < -0.39 is 6.10 Å². The molecule has 5 rings (SSSR count). The quantitative estimate of drug-likeness (QED) is 0.780. The number of halogens is 1. The molecule has 1 heterocycles. The zero-order valence-electron chi connectivity index (χ0n) is 11.5. The lowest BCUT2D eigenvalue weighted by Gasteiger charge is -2.17. The Kier molecular flexibility index (Phi) is 2.38. The molecule has 5 atom stereocenters. The number of rotatable bonds is 2. The molecule has 21 heavy (non-hydrogen) atoms. The van der Waals surface area contributed by atoms with Crippen LogP contribution in [0.1, 0.15) is 30.9 Å². The average Bonchev–Trinajstić information content (AvgIpc) is 2.75. The Hall–Kier alpha value is -1.07. The van der Waals surface area contributed by atoms with Gasteiger partial charge in [-0.1, -0.05) is 15.9 Å².